The molecule has 0 spiro atoms. The number of carboxylic acid groups (broad SMARTS) is 2. The molecule has 1 atom stereocenters. The number of carbonyl (C=O) groups is 2. The predicted octanol–water partition coefficient (Wildman–Crippen LogP) is 1.72. The molecule has 0 fully saturated rings. The normalized spacial score (nSPS) is 11.8. The number of anilines is 1. The Morgan fingerprint density at radius 1 is 1.09 bits per heavy atom. The topological polar surface area (TPSA) is 173 Å². The third kappa shape index (κ3) is 3.90. The number of nitro benzene ring substituents is 2. The van der Waals surface area contributed by atoms with Crippen molar-refractivity contribution in [2.75, 3.05) is 5.32 Å². The molecule has 3 N–H and O–H groups in total. The molecule has 0 heterocycles. The van der Waals surface area contributed by atoms with Gasteiger partial charge < -0.3 is 15.5 Å². The van der Waals surface area contributed by atoms with Crippen LogP contribution in [-0.4, -0.2) is 38.0 Å². The average molecular weight is 327 g/mol. The molecule has 0 radical (unpaired) electrons. The third-order valence-electron chi connectivity index (χ3n) is 2.97. The molecule has 23 heavy (non-hydrogen) atoms. The van der Waals surface area contributed by atoms with Gasteiger partial charge >= 0.3 is 11.9 Å². The lowest BCUT2D eigenvalue weighted by Gasteiger charge is -2.19. The molecule has 0 saturated heterocycles. The van der Waals surface area contributed by atoms with E-state index < -0.39 is 56.4 Å². The van der Waals surface area contributed by atoms with Crippen molar-refractivity contribution in [3.8, 4) is 0 Å². The Hall–Kier alpha value is -3.24. The first-order valence-electron chi connectivity index (χ1n) is 6.25. The standard InChI is InChI=1S/C12H13N3O8/c1-5(2)9(12(18)19)13-10-7(14(20)21)3-6(11(16)17)4-8(10)15(22)23/h3-5,9,13H,1-2H3,(H,16,17)(H,18,19). The summed E-state index contributed by atoms with van der Waals surface area (Å²) in [6.07, 6.45) is 0. The Labute approximate surface area is 128 Å². The van der Waals surface area contributed by atoms with Crippen molar-refractivity contribution < 1.29 is 29.6 Å². The van der Waals surface area contributed by atoms with Crippen molar-refractivity contribution in [2.24, 2.45) is 5.92 Å². The van der Waals surface area contributed by atoms with Gasteiger partial charge in [0.2, 0.25) is 0 Å². The third-order valence-corrected chi connectivity index (χ3v) is 2.97. The molecule has 0 bridgehead atoms. The van der Waals surface area contributed by atoms with Crippen LogP contribution >= 0.6 is 0 Å². The first-order chi connectivity index (χ1) is 10.6. The highest BCUT2D eigenvalue weighted by Gasteiger charge is 2.32. The van der Waals surface area contributed by atoms with E-state index in [1.807, 2.05) is 0 Å². The highest BCUT2D eigenvalue weighted by atomic mass is 16.6. The van der Waals surface area contributed by atoms with Gasteiger partial charge in [-0.1, -0.05) is 13.8 Å². The van der Waals surface area contributed by atoms with Gasteiger partial charge in [0.25, 0.3) is 11.4 Å². The molecule has 11 heteroatoms. The van der Waals surface area contributed by atoms with Crippen LogP contribution in [0.1, 0.15) is 24.2 Å². The number of hydrogen-bond acceptors (Lipinski definition) is 7. The zero-order valence-corrected chi connectivity index (χ0v) is 12.0. The van der Waals surface area contributed by atoms with Crippen LogP contribution in [-0.2, 0) is 4.79 Å². The summed E-state index contributed by atoms with van der Waals surface area (Å²) in [7, 11) is 0. The van der Waals surface area contributed by atoms with Crippen molar-refractivity contribution in [2.45, 2.75) is 19.9 Å². The van der Waals surface area contributed by atoms with E-state index in [1.54, 1.807) is 0 Å². The van der Waals surface area contributed by atoms with Crippen LogP contribution in [0.3, 0.4) is 0 Å². The van der Waals surface area contributed by atoms with Gasteiger partial charge in [-0.25, -0.2) is 9.59 Å². The lowest BCUT2D eigenvalue weighted by atomic mass is 10.0. The molecular weight excluding hydrogens is 314 g/mol. The molecule has 0 saturated carbocycles. The lowest BCUT2D eigenvalue weighted by molar-refractivity contribution is -0.392. The van der Waals surface area contributed by atoms with Crippen molar-refractivity contribution in [1.29, 1.82) is 0 Å². The number of aliphatic carboxylic acids is 1. The Morgan fingerprint density at radius 3 is 1.78 bits per heavy atom. The van der Waals surface area contributed by atoms with E-state index in [0.29, 0.717) is 12.1 Å². The predicted molar refractivity (Wildman–Crippen MR) is 76.6 cm³/mol. The van der Waals surface area contributed by atoms with Crippen LogP contribution < -0.4 is 5.32 Å². The molecule has 1 unspecified atom stereocenters. The second-order valence-electron chi connectivity index (χ2n) is 4.91. The summed E-state index contributed by atoms with van der Waals surface area (Å²) >= 11 is 0. The molecule has 0 aliphatic carbocycles. The summed E-state index contributed by atoms with van der Waals surface area (Å²) in [5.74, 6) is -3.47. The second-order valence-corrected chi connectivity index (χ2v) is 4.91. The summed E-state index contributed by atoms with van der Waals surface area (Å²) < 4.78 is 0. The lowest BCUT2D eigenvalue weighted by Crippen LogP contribution is -2.34. The van der Waals surface area contributed by atoms with Gasteiger partial charge in [0, 0.05) is 12.1 Å². The maximum Gasteiger partial charge on any atom is 0.336 e. The van der Waals surface area contributed by atoms with Crippen molar-refractivity contribution >= 4 is 29.0 Å². The minimum Gasteiger partial charge on any atom is -0.480 e. The van der Waals surface area contributed by atoms with Crippen molar-refractivity contribution in [3.05, 3.63) is 37.9 Å². The van der Waals surface area contributed by atoms with Crippen LogP contribution in [0.15, 0.2) is 12.1 Å². The van der Waals surface area contributed by atoms with Gasteiger partial charge in [0.05, 0.1) is 15.4 Å². The van der Waals surface area contributed by atoms with Crippen LogP contribution in [0.4, 0.5) is 17.1 Å². The number of nitrogens with one attached hydrogen (secondary N) is 1. The Bertz CT molecular complexity index is 650. The van der Waals surface area contributed by atoms with E-state index >= 15 is 0 Å². The number of nitrogens with zero attached hydrogens (tertiary/aromatic N) is 2. The fraction of sp³-hybridized carbons (Fsp3) is 0.333. The van der Waals surface area contributed by atoms with Crippen LogP contribution in [0.2, 0.25) is 0 Å². The fourth-order valence-electron chi connectivity index (χ4n) is 1.84. The molecule has 0 aliphatic rings. The van der Waals surface area contributed by atoms with E-state index in [2.05, 4.69) is 5.32 Å². The quantitative estimate of drug-likeness (QED) is 0.497. The Kier molecular flexibility index (Phi) is 5.17. The maximum atomic E-state index is 11.2. The van der Waals surface area contributed by atoms with Crippen LogP contribution in [0.5, 0.6) is 0 Å². The molecule has 0 aromatic heterocycles. The molecule has 0 amide bonds. The van der Waals surface area contributed by atoms with Crippen molar-refractivity contribution in [1.82, 2.24) is 0 Å². The van der Waals surface area contributed by atoms with Gasteiger partial charge in [0.1, 0.15) is 6.04 Å². The Balaban J connectivity index is 3.61. The fourth-order valence-corrected chi connectivity index (χ4v) is 1.84. The van der Waals surface area contributed by atoms with E-state index in [-0.39, 0.29) is 0 Å². The van der Waals surface area contributed by atoms with E-state index in [9.17, 15) is 29.8 Å². The smallest absolute Gasteiger partial charge is 0.336 e. The minimum atomic E-state index is -1.58. The highest BCUT2D eigenvalue weighted by Crippen LogP contribution is 2.36. The first-order valence-corrected chi connectivity index (χ1v) is 6.25. The first kappa shape index (κ1) is 17.8. The SMILES string of the molecule is CC(C)C(Nc1c([N+](=O)[O-])cc(C(=O)O)cc1[N+](=O)[O-])C(=O)O. The zero-order chi connectivity index (χ0) is 17.9. The van der Waals surface area contributed by atoms with Crippen LogP contribution in [0.25, 0.3) is 0 Å². The Morgan fingerprint density at radius 2 is 1.52 bits per heavy atom. The molecule has 1 rings (SSSR count). The monoisotopic (exact) mass is 327 g/mol. The van der Waals surface area contributed by atoms with Gasteiger partial charge in [0.15, 0.2) is 5.69 Å². The summed E-state index contributed by atoms with van der Waals surface area (Å²) in [6.45, 7) is 3.02. The number of hydrogen-bond donors (Lipinski definition) is 3. The molecule has 1 aromatic carbocycles. The molecule has 124 valence electrons. The number of nitro groups is 2. The van der Waals surface area contributed by atoms with E-state index in [1.165, 1.54) is 13.8 Å². The number of benzene rings is 1. The largest absolute Gasteiger partial charge is 0.480 e. The molecule has 11 nitrogen and oxygen atoms in total. The minimum absolute atomic E-state index is 0.536. The second kappa shape index (κ2) is 6.68. The summed E-state index contributed by atoms with van der Waals surface area (Å²) in [6, 6.07) is -0.0588. The molecular formula is C12H13N3O8. The van der Waals surface area contributed by atoms with E-state index in [0.717, 1.165) is 0 Å². The van der Waals surface area contributed by atoms with E-state index in [4.69, 9.17) is 10.2 Å². The number of aromatic carboxylic acids is 1. The summed E-state index contributed by atoms with van der Waals surface area (Å²) in [4.78, 5) is 42.3. The van der Waals surface area contributed by atoms with Gasteiger partial charge in [-0.05, 0) is 5.92 Å². The molecule has 1 aromatic rings. The number of carboxylic acids is 2. The highest BCUT2D eigenvalue weighted by molar-refractivity contribution is 5.93. The maximum absolute atomic E-state index is 11.2. The van der Waals surface area contributed by atoms with Crippen molar-refractivity contribution in [3.63, 3.8) is 0 Å². The average Bonchev–Trinajstić information content (AvgIpc) is 2.42. The zero-order valence-electron chi connectivity index (χ0n) is 12.0. The molecule has 0 aliphatic heterocycles. The summed E-state index contributed by atoms with van der Waals surface area (Å²) in [5.41, 5.74) is -3.07. The van der Waals surface area contributed by atoms with Gasteiger partial charge in [-0.15, -0.1) is 0 Å². The summed E-state index contributed by atoms with van der Waals surface area (Å²) in [5, 5.41) is 42.5. The van der Waals surface area contributed by atoms with Gasteiger partial charge in [-0.2, -0.15) is 0 Å². The number of rotatable bonds is 7. The van der Waals surface area contributed by atoms with Gasteiger partial charge in [-0.3, -0.25) is 20.2 Å². The van der Waals surface area contributed by atoms with Crippen LogP contribution in [0, 0.1) is 26.1 Å².